The standard InChI is InChI=1S/C12H9N5O5/c1-14-10-9(11(18)15(2)12(14)19)16(20)8-4-3-6(17(21)22)5-7(8)13-10/h3-5H,1-2H3. The monoisotopic (exact) mass is 303 g/mol. The first-order valence-corrected chi connectivity index (χ1v) is 6.10. The van der Waals surface area contributed by atoms with Crippen molar-refractivity contribution in [3.8, 4) is 0 Å². The molecular formula is C12H9N5O5. The first kappa shape index (κ1) is 13.7. The molecule has 22 heavy (non-hydrogen) atoms. The molecule has 0 radical (unpaired) electrons. The SMILES string of the molecule is Cn1c(=O)c2c(nc3cc([N+](=O)[O-])ccc3[n+]2[O-])n(C)c1=O. The predicted octanol–water partition coefficient (Wildman–Crippen LogP) is -0.673. The zero-order valence-electron chi connectivity index (χ0n) is 11.5. The van der Waals surface area contributed by atoms with Crippen LogP contribution in [-0.2, 0) is 14.1 Å². The van der Waals surface area contributed by atoms with Gasteiger partial charge in [0.05, 0.1) is 4.92 Å². The van der Waals surface area contributed by atoms with Crippen LogP contribution in [0.5, 0.6) is 0 Å². The number of aryl methyl sites for hydroxylation is 1. The molecule has 2 aromatic heterocycles. The molecule has 0 bridgehead atoms. The molecule has 0 spiro atoms. The summed E-state index contributed by atoms with van der Waals surface area (Å²) in [4.78, 5) is 38.3. The summed E-state index contributed by atoms with van der Waals surface area (Å²) in [7, 11) is 2.62. The molecule has 1 aromatic carbocycles. The highest BCUT2D eigenvalue weighted by molar-refractivity contribution is 5.80. The lowest BCUT2D eigenvalue weighted by atomic mass is 10.2. The van der Waals surface area contributed by atoms with E-state index in [2.05, 4.69) is 4.98 Å². The van der Waals surface area contributed by atoms with Gasteiger partial charge in [0, 0.05) is 32.3 Å². The second kappa shape index (κ2) is 4.35. The van der Waals surface area contributed by atoms with Gasteiger partial charge in [-0.3, -0.25) is 24.0 Å². The summed E-state index contributed by atoms with van der Waals surface area (Å²) in [6.07, 6.45) is 0. The summed E-state index contributed by atoms with van der Waals surface area (Å²) < 4.78 is 2.18. The van der Waals surface area contributed by atoms with E-state index in [4.69, 9.17) is 0 Å². The Bertz CT molecular complexity index is 1080. The van der Waals surface area contributed by atoms with Gasteiger partial charge in [-0.25, -0.2) is 9.78 Å². The summed E-state index contributed by atoms with van der Waals surface area (Å²) in [5.41, 5.74) is -2.06. The third kappa shape index (κ3) is 1.67. The second-order valence-corrected chi connectivity index (χ2v) is 4.71. The highest BCUT2D eigenvalue weighted by Crippen LogP contribution is 2.18. The molecule has 0 saturated heterocycles. The molecule has 0 aliphatic rings. The quantitative estimate of drug-likeness (QED) is 0.193. The van der Waals surface area contributed by atoms with Crippen molar-refractivity contribution in [1.82, 2.24) is 14.1 Å². The third-order valence-electron chi connectivity index (χ3n) is 3.43. The number of non-ortho nitro benzene ring substituents is 1. The summed E-state index contributed by atoms with van der Waals surface area (Å²) >= 11 is 0. The van der Waals surface area contributed by atoms with Crippen molar-refractivity contribution < 1.29 is 9.65 Å². The van der Waals surface area contributed by atoms with Crippen molar-refractivity contribution in [2.75, 3.05) is 0 Å². The van der Waals surface area contributed by atoms with E-state index in [1.165, 1.54) is 20.2 Å². The van der Waals surface area contributed by atoms with E-state index in [9.17, 15) is 24.9 Å². The smallest absolute Gasteiger partial charge is 0.332 e. The number of hydrogen-bond donors (Lipinski definition) is 0. The maximum atomic E-state index is 12.4. The Balaban J connectivity index is 2.61. The van der Waals surface area contributed by atoms with Crippen molar-refractivity contribution in [3.63, 3.8) is 0 Å². The van der Waals surface area contributed by atoms with Gasteiger partial charge in [0.25, 0.3) is 5.69 Å². The van der Waals surface area contributed by atoms with Crippen molar-refractivity contribution in [2.24, 2.45) is 14.1 Å². The van der Waals surface area contributed by atoms with E-state index in [0.717, 1.165) is 21.3 Å². The van der Waals surface area contributed by atoms with E-state index >= 15 is 0 Å². The van der Waals surface area contributed by atoms with Gasteiger partial charge in [-0.2, -0.15) is 4.73 Å². The van der Waals surface area contributed by atoms with Crippen LogP contribution in [0.2, 0.25) is 0 Å². The lowest BCUT2D eigenvalue weighted by Gasteiger charge is -2.08. The van der Waals surface area contributed by atoms with E-state index in [1.54, 1.807) is 0 Å². The van der Waals surface area contributed by atoms with Crippen molar-refractivity contribution in [3.05, 3.63) is 54.4 Å². The largest absolute Gasteiger partial charge is 0.618 e. The highest BCUT2D eigenvalue weighted by Gasteiger charge is 2.22. The van der Waals surface area contributed by atoms with Gasteiger partial charge in [-0.15, -0.1) is 0 Å². The number of benzene rings is 1. The maximum absolute atomic E-state index is 12.4. The van der Waals surface area contributed by atoms with Gasteiger partial charge in [0.1, 0.15) is 5.52 Å². The molecule has 0 atom stereocenters. The maximum Gasteiger partial charge on any atom is 0.332 e. The molecule has 112 valence electrons. The molecule has 2 heterocycles. The van der Waals surface area contributed by atoms with Crippen LogP contribution in [0.3, 0.4) is 0 Å². The normalized spacial score (nSPS) is 11.2. The number of nitro benzene ring substituents is 1. The minimum absolute atomic E-state index is 0.00819. The Morgan fingerprint density at radius 1 is 1.23 bits per heavy atom. The molecule has 10 nitrogen and oxygen atoms in total. The molecule has 0 aliphatic heterocycles. The Morgan fingerprint density at radius 3 is 2.55 bits per heavy atom. The minimum atomic E-state index is -0.777. The Hall–Kier alpha value is -3.30. The molecule has 0 saturated carbocycles. The summed E-state index contributed by atoms with van der Waals surface area (Å²) in [5, 5.41) is 23.2. The van der Waals surface area contributed by atoms with Crippen molar-refractivity contribution in [1.29, 1.82) is 0 Å². The van der Waals surface area contributed by atoms with Gasteiger partial charge in [0.15, 0.2) is 0 Å². The van der Waals surface area contributed by atoms with Gasteiger partial charge in [-0.05, 0) is 0 Å². The fourth-order valence-corrected chi connectivity index (χ4v) is 2.24. The van der Waals surface area contributed by atoms with E-state index < -0.39 is 16.2 Å². The van der Waals surface area contributed by atoms with Crippen LogP contribution in [-0.4, -0.2) is 19.0 Å². The lowest BCUT2D eigenvalue weighted by Crippen LogP contribution is -2.44. The number of aromatic nitrogens is 4. The Morgan fingerprint density at radius 2 is 1.91 bits per heavy atom. The van der Waals surface area contributed by atoms with E-state index in [0.29, 0.717) is 4.73 Å². The first-order chi connectivity index (χ1) is 10.3. The van der Waals surface area contributed by atoms with Crippen LogP contribution < -0.4 is 16.0 Å². The zero-order valence-corrected chi connectivity index (χ0v) is 11.5. The van der Waals surface area contributed by atoms with E-state index in [1.807, 2.05) is 0 Å². The zero-order chi connectivity index (χ0) is 16.2. The molecule has 0 unspecified atom stereocenters. The summed E-state index contributed by atoms with van der Waals surface area (Å²) in [6, 6.07) is 3.49. The average Bonchev–Trinajstić information content (AvgIpc) is 2.50. The Kier molecular flexibility index (Phi) is 2.70. The number of nitro groups is 1. The van der Waals surface area contributed by atoms with E-state index in [-0.39, 0.29) is 27.9 Å². The number of rotatable bonds is 1. The average molecular weight is 303 g/mol. The van der Waals surface area contributed by atoms with Gasteiger partial charge >= 0.3 is 16.8 Å². The number of nitrogens with zero attached hydrogens (tertiary/aromatic N) is 5. The molecular weight excluding hydrogens is 294 g/mol. The first-order valence-electron chi connectivity index (χ1n) is 6.10. The van der Waals surface area contributed by atoms with Crippen molar-refractivity contribution >= 4 is 27.9 Å². The topological polar surface area (TPSA) is 127 Å². The fraction of sp³-hybridized carbons (Fsp3) is 0.167. The molecule has 3 aromatic rings. The summed E-state index contributed by atoms with van der Waals surface area (Å²) in [5.74, 6) is 0. The third-order valence-corrected chi connectivity index (χ3v) is 3.43. The van der Waals surface area contributed by atoms with Crippen LogP contribution in [0.15, 0.2) is 27.8 Å². The van der Waals surface area contributed by atoms with Crippen LogP contribution in [0, 0.1) is 15.3 Å². The second-order valence-electron chi connectivity index (χ2n) is 4.71. The molecule has 0 fully saturated rings. The molecule has 0 amide bonds. The fourth-order valence-electron chi connectivity index (χ4n) is 2.24. The van der Waals surface area contributed by atoms with Crippen LogP contribution in [0.25, 0.3) is 22.2 Å². The molecule has 10 heteroatoms. The lowest BCUT2D eigenvalue weighted by molar-refractivity contribution is -0.549. The van der Waals surface area contributed by atoms with Crippen LogP contribution >= 0.6 is 0 Å². The Labute approximate surface area is 121 Å². The molecule has 0 N–H and O–H groups in total. The van der Waals surface area contributed by atoms with Gasteiger partial charge in [0.2, 0.25) is 11.2 Å². The molecule has 0 aliphatic carbocycles. The minimum Gasteiger partial charge on any atom is -0.618 e. The van der Waals surface area contributed by atoms with Crippen molar-refractivity contribution in [2.45, 2.75) is 0 Å². The predicted molar refractivity (Wildman–Crippen MR) is 75.3 cm³/mol. The molecule has 3 rings (SSSR count). The van der Waals surface area contributed by atoms with Gasteiger partial charge < -0.3 is 5.21 Å². The number of hydrogen-bond acceptors (Lipinski definition) is 6. The van der Waals surface area contributed by atoms with Crippen LogP contribution in [0.1, 0.15) is 0 Å². The van der Waals surface area contributed by atoms with Crippen LogP contribution in [0.4, 0.5) is 5.69 Å². The van der Waals surface area contributed by atoms with Gasteiger partial charge in [-0.1, -0.05) is 0 Å². The highest BCUT2D eigenvalue weighted by atomic mass is 16.6. The summed E-state index contributed by atoms with van der Waals surface area (Å²) in [6.45, 7) is 0. The number of fused-ring (bicyclic) bond motifs is 2.